The second kappa shape index (κ2) is 17.3. The zero-order valence-electron chi connectivity index (χ0n) is 23.1. The number of aliphatic hydroxyl groups is 1. The van der Waals surface area contributed by atoms with Gasteiger partial charge in [-0.1, -0.05) is 0 Å². The number of aliphatic hydroxyl groups excluding tert-OH is 1. The number of hydrogen-bond acceptors (Lipinski definition) is 10. The van der Waals surface area contributed by atoms with E-state index in [1.165, 1.54) is 6.92 Å². The van der Waals surface area contributed by atoms with Crippen LogP contribution in [0.15, 0.2) is 4.99 Å². The molecule has 42 heavy (non-hydrogen) atoms. The van der Waals surface area contributed by atoms with Gasteiger partial charge in [-0.15, -0.1) is 0 Å². The van der Waals surface area contributed by atoms with Gasteiger partial charge in [-0.25, -0.2) is 4.79 Å². The molecule has 1 aliphatic heterocycles. The molecular formula is C23H39N9O10. The van der Waals surface area contributed by atoms with Crippen LogP contribution < -0.4 is 38.5 Å². The Morgan fingerprint density at radius 1 is 0.976 bits per heavy atom. The van der Waals surface area contributed by atoms with E-state index in [9.17, 15) is 48.9 Å². The van der Waals surface area contributed by atoms with Gasteiger partial charge in [0.25, 0.3) is 0 Å². The van der Waals surface area contributed by atoms with Gasteiger partial charge in [0.15, 0.2) is 5.96 Å². The number of nitrogens with one attached hydrogen (secondary N) is 4. The molecule has 1 fully saturated rings. The molecule has 0 aromatic heterocycles. The third-order valence-corrected chi connectivity index (χ3v) is 6.10. The zero-order valence-corrected chi connectivity index (χ0v) is 23.1. The fourth-order valence-electron chi connectivity index (χ4n) is 4.05. The molecular weight excluding hydrogens is 562 g/mol. The Bertz CT molecular complexity index is 1050. The van der Waals surface area contributed by atoms with Crippen molar-refractivity contribution in [1.82, 2.24) is 26.2 Å². The third-order valence-electron chi connectivity index (χ3n) is 6.10. The van der Waals surface area contributed by atoms with Gasteiger partial charge in [0.05, 0.1) is 25.6 Å². The molecule has 0 aromatic rings. The average Bonchev–Trinajstić information content (AvgIpc) is 3.41. The third kappa shape index (κ3) is 11.9. The second-order valence-corrected chi connectivity index (χ2v) is 9.46. The molecule has 19 heteroatoms. The monoisotopic (exact) mass is 601 g/mol. The topological polar surface area (TPSA) is 322 Å². The van der Waals surface area contributed by atoms with Gasteiger partial charge in [0.1, 0.15) is 24.2 Å². The second-order valence-electron chi connectivity index (χ2n) is 9.46. The summed E-state index contributed by atoms with van der Waals surface area (Å²) in [5, 5.41) is 37.7. The summed E-state index contributed by atoms with van der Waals surface area (Å²) in [5.41, 5.74) is 15.8. The van der Waals surface area contributed by atoms with Crippen molar-refractivity contribution < 1.29 is 48.9 Å². The maximum atomic E-state index is 13.0. The molecule has 0 unspecified atom stereocenters. The first-order chi connectivity index (χ1) is 19.7. The van der Waals surface area contributed by atoms with E-state index in [-0.39, 0.29) is 38.3 Å². The Hall–Kier alpha value is -4.52. The SMILES string of the molecule is C[C@H](O)[C@H](NC(=O)[C@H](CC(=O)O)NC(=O)CNC(=O)[C@@H](CCCN=C(N)N)NC(=O)CN)C(=O)N1CCC[C@@H]1C(=O)O. The molecule has 0 aromatic carbocycles. The molecule has 19 nitrogen and oxygen atoms in total. The summed E-state index contributed by atoms with van der Waals surface area (Å²) in [4.78, 5) is 90.3. The van der Waals surface area contributed by atoms with Crippen LogP contribution in [0.25, 0.3) is 0 Å². The number of amides is 5. The number of carboxylic acids is 2. The summed E-state index contributed by atoms with van der Waals surface area (Å²) in [6.45, 7) is 0.269. The number of nitrogens with zero attached hydrogens (tertiary/aromatic N) is 2. The number of guanidine groups is 1. The van der Waals surface area contributed by atoms with E-state index >= 15 is 0 Å². The summed E-state index contributed by atoms with van der Waals surface area (Å²) in [7, 11) is 0. The molecule has 1 aliphatic rings. The van der Waals surface area contributed by atoms with Gasteiger partial charge in [-0.05, 0) is 32.6 Å². The first-order valence-corrected chi connectivity index (χ1v) is 13.0. The van der Waals surface area contributed by atoms with Crippen LogP contribution in [-0.2, 0) is 33.6 Å². The molecule has 0 spiro atoms. The molecule has 1 rings (SSSR count). The number of rotatable bonds is 17. The first kappa shape index (κ1) is 35.5. The number of likely N-dealkylation sites (tertiary alicyclic amines) is 1. The minimum Gasteiger partial charge on any atom is -0.481 e. The molecule has 5 amide bonds. The zero-order chi connectivity index (χ0) is 32.0. The van der Waals surface area contributed by atoms with Gasteiger partial charge in [-0.3, -0.25) is 33.8 Å². The predicted molar refractivity (Wildman–Crippen MR) is 144 cm³/mol. The van der Waals surface area contributed by atoms with Gasteiger partial charge < -0.3 is 58.7 Å². The van der Waals surface area contributed by atoms with Crippen LogP contribution in [0.1, 0.15) is 39.0 Å². The van der Waals surface area contributed by atoms with Crippen molar-refractivity contribution in [2.45, 2.75) is 69.3 Å². The smallest absolute Gasteiger partial charge is 0.326 e. The average molecular weight is 602 g/mol. The van der Waals surface area contributed by atoms with Crippen molar-refractivity contribution in [3.63, 3.8) is 0 Å². The number of carbonyl (C=O) groups excluding carboxylic acids is 5. The van der Waals surface area contributed by atoms with Crippen molar-refractivity contribution >= 4 is 47.4 Å². The highest BCUT2D eigenvalue weighted by Crippen LogP contribution is 2.19. The summed E-state index contributed by atoms with van der Waals surface area (Å²) < 4.78 is 0. The van der Waals surface area contributed by atoms with Crippen LogP contribution >= 0.6 is 0 Å². The maximum Gasteiger partial charge on any atom is 0.326 e. The van der Waals surface area contributed by atoms with Crippen molar-refractivity contribution in [1.29, 1.82) is 0 Å². The van der Waals surface area contributed by atoms with Crippen LogP contribution in [0.2, 0.25) is 0 Å². The normalized spacial score (nSPS) is 17.1. The van der Waals surface area contributed by atoms with E-state index in [0.29, 0.717) is 6.42 Å². The lowest BCUT2D eigenvalue weighted by atomic mass is 10.1. The largest absolute Gasteiger partial charge is 0.481 e. The van der Waals surface area contributed by atoms with Crippen LogP contribution in [0.5, 0.6) is 0 Å². The predicted octanol–water partition coefficient (Wildman–Crippen LogP) is -5.50. The molecule has 1 heterocycles. The molecule has 1 saturated heterocycles. The van der Waals surface area contributed by atoms with Crippen LogP contribution in [0, 0.1) is 0 Å². The van der Waals surface area contributed by atoms with Crippen molar-refractivity contribution in [3.05, 3.63) is 0 Å². The highest BCUT2D eigenvalue weighted by Gasteiger charge is 2.40. The van der Waals surface area contributed by atoms with E-state index < -0.39 is 91.3 Å². The van der Waals surface area contributed by atoms with Crippen molar-refractivity contribution in [3.8, 4) is 0 Å². The lowest BCUT2D eigenvalue weighted by Crippen LogP contribution is -2.59. The quantitative estimate of drug-likeness (QED) is 0.0423. The standard InChI is InChI=1S/C23H39N9O10/c1-11(33)18(21(40)32-7-3-5-14(32)22(41)42)31-20(39)13(8-17(36)37)30-16(35)10-28-19(38)12(29-15(34)9-24)4-2-6-27-23(25)26/h11-14,18,33H,2-10,24H2,1H3,(H,28,38)(H,29,34)(H,30,35)(H,31,39)(H,36,37)(H,41,42)(H4,25,26,27)/t11-,12+,13-,14+,18-/m0/s1. The molecule has 236 valence electrons. The molecule has 0 aliphatic carbocycles. The van der Waals surface area contributed by atoms with Crippen LogP contribution in [-0.4, -0.2) is 124 Å². The fourth-order valence-corrected chi connectivity index (χ4v) is 4.05. The number of nitrogens with two attached hydrogens (primary N) is 3. The van der Waals surface area contributed by atoms with E-state index in [2.05, 4.69) is 26.3 Å². The minimum atomic E-state index is -1.73. The summed E-state index contributed by atoms with van der Waals surface area (Å²) in [6, 6.07) is -5.63. The number of aliphatic carboxylic acids is 2. The highest BCUT2D eigenvalue weighted by molar-refractivity contribution is 5.96. The van der Waals surface area contributed by atoms with E-state index in [1.807, 2.05) is 0 Å². The lowest BCUT2D eigenvalue weighted by molar-refractivity contribution is -0.151. The van der Waals surface area contributed by atoms with E-state index in [1.54, 1.807) is 0 Å². The molecule has 0 bridgehead atoms. The highest BCUT2D eigenvalue weighted by atomic mass is 16.4. The number of carbonyl (C=O) groups is 7. The lowest BCUT2D eigenvalue weighted by Gasteiger charge is -2.29. The summed E-state index contributed by atoms with van der Waals surface area (Å²) in [5.74, 6) is -7.36. The molecule has 0 radical (unpaired) electrons. The van der Waals surface area contributed by atoms with Gasteiger partial charge >= 0.3 is 11.9 Å². The van der Waals surface area contributed by atoms with Crippen molar-refractivity contribution in [2.24, 2.45) is 22.2 Å². The maximum absolute atomic E-state index is 13.0. The van der Waals surface area contributed by atoms with Gasteiger partial charge in [-0.2, -0.15) is 0 Å². The van der Waals surface area contributed by atoms with Crippen LogP contribution in [0.4, 0.5) is 0 Å². The van der Waals surface area contributed by atoms with Gasteiger partial charge in [0, 0.05) is 13.1 Å². The minimum absolute atomic E-state index is 0.0743. The molecule has 13 N–H and O–H groups in total. The van der Waals surface area contributed by atoms with Crippen LogP contribution in [0.3, 0.4) is 0 Å². The fraction of sp³-hybridized carbons (Fsp3) is 0.652. The Kier molecular flexibility index (Phi) is 14.6. The number of carboxylic acid groups (broad SMARTS) is 2. The Morgan fingerprint density at radius 2 is 1.62 bits per heavy atom. The molecule has 0 saturated carbocycles. The van der Waals surface area contributed by atoms with E-state index in [4.69, 9.17) is 17.2 Å². The summed E-state index contributed by atoms with van der Waals surface area (Å²) >= 11 is 0. The van der Waals surface area contributed by atoms with Gasteiger partial charge in [0.2, 0.25) is 29.5 Å². The number of hydrogen-bond donors (Lipinski definition) is 10. The summed E-state index contributed by atoms with van der Waals surface area (Å²) in [6.07, 6.45) is -1.49. The van der Waals surface area contributed by atoms with E-state index in [0.717, 1.165) is 4.90 Å². The Morgan fingerprint density at radius 3 is 2.17 bits per heavy atom. The first-order valence-electron chi connectivity index (χ1n) is 13.0. The molecule has 5 atom stereocenters. The Labute approximate surface area is 240 Å². The Balaban J connectivity index is 2.88. The van der Waals surface area contributed by atoms with Crippen molar-refractivity contribution in [2.75, 3.05) is 26.2 Å². The number of aliphatic imine (C=N–C) groups is 1.